The maximum Gasteiger partial charge on any atom is 0.239 e. The Morgan fingerprint density at radius 1 is 1.45 bits per heavy atom. The highest BCUT2D eigenvalue weighted by Crippen LogP contribution is 2.13. The lowest BCUT2D eigenvalue weighted by molar-refractivity contribution is -0.115. The van der Waals surface area contributed by atoms with Gasteiger partial charge < -0.3 is 4.84 Å². The standard InChI is InChI=1S/C7H6FNO2/c8-6-3-1-2-4-7(6)11-9-5-10/h1-5H,(H,9,10). The summed E-state index contributed by atoms with van der Waals surface area (Å²) < 4.78 is 12.6. The van der Waals surface area contributed by atoms with Crippen LogP contribution >= 0.6 is 0 Å². The molecule has 3 nitrogen and oxygen atoms in total. The van der Waals surface area contributed by atoms with E-state index in [-0.39, 0.29) is 5.75 Å². The molecule has 0 fully saturated rings. The van der Waals surface area contributed by atoms with Gasteiger partial charge in [0.1, 0.15) is 0 Å². The van der Waals surface area contributed by atoms with Crippen LogP contribution in [0.1, 0.15) is 0 Å². The van der Waals surface area contributed by atoms with Gasteiger partial charge in [0.15, 0.2) is 11.6 Å². The van der Waals surface area contributed by atoms with Gasteiger partial charge in [0.25, 0.3) is 0 Å². The molecule has 0 aliphatic rings. The average Bonchev–Trinajstić information content (AvgIpc) is 2.03. The Balaban J connectivity index is 2.69. The van der Waals surface area contributed by atoms with Gasteiger partial charge in [-0.05, 0) is 12.1 Å². The van der Waals surface area contributed by atoms with Gasteiger partial charge in [-0.15, -0.1) is 0 Å². The van der Waals surface area contributed by atoms with Crippen LogP contribution in [0, 0.1) is 5.82 Å². The van der Waals surface area contributed by atoms with Crippen LogP contribution in [0.15, 0.2) is 24.3 Å². The molecule has 11 heavy (non-hydrogen) atoms. The van der Waals surface area contributed by atoms with Crippen molar-refractivity contribution >= 4 is 6.41 Å². The van der Waals surface area contributed by atoms with Gasteiger partial charge >= 0.3 is 0 Å². The fourth-order valence-corrected chi connectivity index (χ4v) is 0.615. The number of halogens is 1. The molecule has 0 aliphatic carbocycles. The van der Waals surface area contributed by atoms with Crippen molar-refractivity contribution < 1.29 is 14.0 Å². The highest BCUT2D eigenvalue weighted by molar-refractivity contribution is 5.44. The van der Waals surface area contributed by atoms with E-state index in [1.54, 1.807) is 6.07 Å². The first-order chi connectivity index (χ1) is 5.34. The van der Waals surface area contributed by atoms with Gasteiger partial charge in [-0.25, -0.2) is 4.39 Å². The van der Waals surface area contributed by atoms with Gasteiger partial charge in [0.05, 0.1) is 0 Å². The normalized spacial score (nSPS) is 8.82. The van der Waals surface area contributed by atoms with E-state index in [4.69, 9.17) is 0 Å². The van der Waals surface area contributed by atoms with Crippen LogP contribution in [0.2, 0.25) is 0 Å². The number of carbonyl (C=O) groups is 1. The molecule has 0 atom stereocenters. The molecule has 4 heteroatoms. The van der Waals surface area contributed by atoms with Crippen LogP contribution in [0.25, 0.3) is 0 Å². The number of carbonyl (C=O) groups excluding carboxylic acids is 1. The zero-order chi connectivity index (χ0) is 8.10. The highest BCUT2D eigenvalue weighted by atomic mass is 19.1. The number of amides is 1. The fourth-order valence-electron chi connectivity index (χ4n) is 0.615. The van der Waals surface area contributed by atoms with E-state index in [0.717, 1.165) is 0 Å². The summed E-state index contributed by atoms with van der Waals surface area (Å²) in [4.78, 5) is 14.2. The van der Waals surface area contributed by atoms with Crippen molar-refractivity contribution in [1.82, 2.24) is 5.48 Å². The molecule has 0 aliphatic heterocycles. The van der Waals surface area contributed by atoms with Crippen LogP contribution in [0.3, 0.4) is 0 Å². The Morgan fingerprint density at radius 2 is 2.18 bits per heavy atom. The summed E-state index contributed by atoms with van der Waals surface area (Å²) >= 11 is 0. The SMILES string of the molecule is O=CNOc1ccccc1F. The molecule has 1 amide bonds. The molecule has 0 spiro atoms. The van der Waals surface area contributed by atoms with Crippen molar-refractivity contribution in [3.8, 4) is 5.75 Å². The summed E-state index contributed by atoms with van der Waals surface area (Å²) in [6, 6.07) is 5.78. The third-order valence-corrected chi connectivity index (χ3v) is 1.05. The third-order valence-electron chi connectivity index (χ3n) is 1.05. The number of hydrogen-bond acceptors (Lipinski definition) is 2. The lowest BCUT2D eigenvalue weighted by atomic mass is 10.3. The molecule has 0 radical (unpaired) electrons. The molecule has 0 saturated heterocycles. The van der Waals surface area contributed by atoms with Gasteiger partial charge in [-0.2, -0.15) is 5.48 Å². The molecule has 1 N–H and O–H groups in total. The quantitative estimate of drug-likeness (QED) is 0.519. The second-order valence-electron chi connectivity index (χ2n) is 1.77. The van der Waals surface area contributed by atoms with E-state index < -0.39 is 5.82 Å². The topological polar surface area (TPSA) is 38.3 Å². The lowest BCUT2D eigenvalue weighted by Crippen LogP contribution is -2.15. The number of para-hydroxylation sites is 1. The summed E-state index contributed by atoms with van der Waals surface area (Å²) in [5, 5.41) is 0. The molecule has 1 aromatic carbocycles. The minimum atomic E-state index is -0.512. The van der Waals surface area contributed by atoms with E-state index in [1.807, 2.05) is 5.48 Å². The van der Waals surface area contributed by atoms with Crippen LogP contribution in [-0.4, -0.2) is 6.41 Å². The van der Waals surface area contributed by atoms with Crippen molar-refractivity contribution in [2.45, 2.75) is 0 Å². The molecule has 0 unspecified atom stereocenters. The summed E-state index contributed by atoms with van der Waals surface area (Å²) in [5.41, 5.74) is 1.88. The number of hydrogen-bond donors (Lipinski definition) is 1. The Kier molecular flexibility index (Phi) is 2.43. The summed E-state index contributed by atoms with van der Waals surface area (Å²) in [5.74, 6) is -0.513. The van der Waals surface area contributed by atoms with Gasteiger partial charge in [-0.1, -0.05) is 12.1 Å². The second kappa shape index (κ2) is 3.55. The predicted octanol–water partition coefficient (Wildman–Crippen LogP) is 0.865. The largest absolute Gasteiger partial charge is 0.377 e. The Labute approximate surface area is 62.7 Å². The Morgan fingerprint density at radius 3 is 2.82 bits per heavy atom. The molecule has 0 saturated carbocycles. The van der Waals surface area contributed by atoms with Crippen LogP contribution in [-0.2, 0) is 4.79 Å². The third kappa shape index (κ3) is 1.93. The molecule has 0 bridgehead atoms. The summed E-state index contributed by atoms with van der Waals surface area (Å²) in [6.45, 7) is 0. The zero-order valence-electron chi connectivity index (χ0n) is 5.58. The smallest absolute Gasteiger partial charge is 0.239 e. The van der Waals surface area contributed by atoms with E-state index in [2.05, 4.69) is 4.84 Å². The van der Waals surface area contributed by atoms with Crippen molar-refractivity contribution in [3.05, 3.63) is 30.1 Å². The second-order valence-corrected chi connectivity index (χ2v) is 1.77. The fraction of sp³-hybridized carbons (Fsp3) is 0. The highest BCUT2D eigenvalue weighted by Gasteiger charge is 1.99. The van der Waals surface area contributed by atoms with E-state index in [1.165, 1.54) is 18.2 Å². The number of rotatable bonds is 3. The van der Waals surface area contributed by atoms with Crippen LogP contribution in [0.4, 0.5) is 4.39 Å². The monoisotopic (exact) mass is 155 g/mol. The molecule has 58 valence electrons. The van der Waals surface area contributed by atoms with Crippen molar-refractivity contribution in [2.75, 3.05) is 0 Å². The molecule has 0 aromatic heterocycles. The van der Waals surface area contributed by atoms with Gasteiger partial charge in [-0.3, -0.25) is 4.79 Å². The van der Waals surface area contributed by atoms with Crippen molar-refractivity contribution in [1.29, 1.82) is 0 Å². The van der Waals surface area contributed by atoms with E-state index in [0.29, 0.717) is 6.41 Å². The molecule has 0 heterocycles. The minimum Gasteiger partial charge on any atom is -0.377 e. The zero-order valence-corrected chi connectivity index (χ0v) is 5.58. The molecular weight excluding hydrogens is 149 g/mol. The summed E-state index contributed by atoms with van der Waals surface area (Å²) in [7, 11) is 0. The average molecular weight is 155 g/mol. The maximum absolute atomic E-state index is 12.6. The number of benzene rings is 1. The Bertz CT molecular complexity index is 252. The van der Waals surface area contributed by atoms with Crippen molar-refractivity contribution in [3.63, 3.8) is 0 Å². The van der Waals surface area contributed by atoms with Crippen LogP contribution < -0.4 is 10.3 Å². The first-order valence-electron chi connectivity index (χ1n) is 2.95. The number of nitrogens with one attached hydrogen (secondary N) is 1. The minimum absolute atomic E-state index is 0.000370. The predicted molar refractivity (Wildman–Crippen MR) is 36.2 cm³/mol. The number of hydroxylamine groups is 1. The molecular formula is C7H6FNO2. The van der Waals surface area contributed by atoms with Gasteiger partial charge in [0, 0.05) is 0 Å². The maximum atomic E-state index is 12.6. The first-order valence-corrected chi connectivity index (χ1v) is 2.95. The lowest BCUT2D eigenvalue weighted by Gasteiger charge is -2.01. The van der Waals surface area contributed by atoms with Crippen molar-refractivity contribution in [2.24, 2.45) is 0 Å². The van der Waals surface area contributed by atoms with Crippen LogP contribution in [0.5, 0.6) is 5.75 Å². The first kappa shape index (κ1) is 7.53. The molecule has 1 aromatic rings. The summed E-state index contributed by atoms with van der Waals surface area (Å²) in [6.07, 6.45) is 0.326. The van der Waals surface area contributed by atoms with Gasteiger partial charge in [0.2, 0.25) is 6.41 Å². The van der Waals surface area contributed by atoms with E-state index in [9.17, 15) is 9.18 Å². The Hall–Kier alpha value is -1.58. The molecule has 1 rings (SSSR count). The van der Waals surface area contributed by atoms with E-state index >= 15 is 0 Å².